The van der Waals surface area contributed by atoms with Crippen molar-refractivity contribution >= 4 is 22.2 Å². The number of methoxy groups -OCH3 is 2. The first-order valence-corrected chi connectivity index (χ1v) is 5.67. The predicted octanol–water partition coefficient (Wildman–Crippen LogP) is 1.27. The van der Waals surface area contributed by atoms with Gasteiger partial charge in [-0.05, 0) is 6.07 Å². The zero-order valence-electron chi connectivity index (χ0n) is 9.57. The topological polar surface area (TPSA) is 81.8 Å². The van der Waals surface area contributed by atoms with Crippen LogP contribution in [0.5, 0.6) is 11.5 Å². The lowest BCUT2D eigenvalue weighted by Gasteiger charge is -2.19. The van der Waals surface area contributed by atoms with E-state index < -0.39 is 6.10 Å². The standard InChI is InChI=1S/C11H14BrNO4/c1-16-10-6(5-14)3-7(12)9(8(15)4-13)11(10)17-2/h3,5,8,15H,4,13H2,1-2H3. The van der Waals surface area contributed by atoms with Crippen LogP contribution in [0.2, 0.25) is 0 Å². The first-order valence-electron chi connectivity index (χ1n) is 4.88. The maximum atomic E-state index is 10.9. The van der Waals surface area contributed by atoms with Crippen LogP contribution < -0.4 is 15.2 Å². The number of carbonyl (C=O) groups is 1. The third-order valence-corrected chi connectivity index (χ3v) is 3.00. The van der Waals surface area contributed by atoms with Crippen molar-refractivity contribution in [2.24, 2.45) is 5.73 Å². The average Bonchev–Trinajstić information content (AvgIpc) is 2.36. The van der Waals surface area contributed by atoms with Crippen molar-refractivity contribution < 1.29 is 19.4 Å². The van der Waals surface area contributed by atoms with Gasteiger partial charge in [-0.2, -0.15) is 0 Å². The molecule has 0 radical (unpaired) electrons. The van der Waals surface area contributed by atoms with E-state index in [1.165, 1.54) is 14.2 Å². The number of aldehydes is 1. The van der Waals surface area contributed by atoms with Gasteiger partial charge in [0.15, 0.2) is 17.8 Å². The predicted molar refractivity (Wildman–Crippen MR) is 66.6 cm³/mol. The van der Waals surface area contributed by atoms with E-state index in [1.807, 2.05) is 0 Å². The Morgan fingerprint density at radius 3 is 2.47 bits per heavy atom. The Kier molecular flexibility index (Phi) is 4.92. The van der Waals surface area contributed by atoms with Crippen molar-refractivity contribution in [1.29, 1.82) is 0 Å². The molecule has 0 aliphatic heterocycles. The van der Waals surface area contributed by atoms with E-state index in [0.29, 0.717) is 27.6 Å². The normalized spacial score (nSPS) is 12.1. The van der Waals surface area contributed by atoms with Crippen LogP contribution in [0.15, 0.2) is 10.5 Å². The molecule has 0 bridgehead atoms. The average molecular weight is 304 g/mol. The van der Waals surface area contributed by atoms with Gasteiger partial charge in [-0.3, -0.25) is 4.79 Å². The molecule has 17 heavy (non-hydrogen) atoms. The highest BCUT2D eigenvalue weighted by molar-refractivity contribution is 9.10. The van der Waals surface area contributed by atoms with Gasteiger partial charge in [0.05, 0.1) is 25.9 Å². The van der Waals surface area contributed by atoms with Gasteiger partial charge in [-0.15, -0.1) is 0 Å². The molecule has 94 valence electrons. The fourth-order valence-electron chi connectivity index (χ4n) is 1.57. The molecule has 1 rings (SSSR count). The Morgan fingerprint density at radius 1 is 1.47 bits per heavy atom. The smallest absolute Gasteiger partial charge is 0.171 e. The van der Waals surface area contributed by atoms with E-state index >= 15 is 0 Å². The molecule has 1 atom stereocenters. The molecule has 1 aromatic rings. The Balaban J connectivity index is 3.54. The minimum Gasteiger partial charge on any atom is -0.492 e. The van der Waals surface area contributed by atoms with Gasteiger partial charge in [0, 0.05) is 16.6 Å². The van der Waals surface area contributed by atoms with Gasteiger partial charge in [-0.1, -0.05) is 15.9 Å². The molecule has 0 aliphatic carbocycles. The first-order chi connectivity index (χ1) is 8.10. The Labute approximate surface area is 108 Å². The van der Waals surface area contributed by atoms with E-state index in [4.69, 9.17) is 15.2 Å². The van der Waals surface area contributed by atoms with Crippen LogP contribution in [0, 0.1) is 0 Å². The zero-order chi connectivity index (χ0) is 13.0. The molecule has 0 fully saturated rings. The second-order valence-corrected chi connectivity index (χ2v) is 4.15. The molecular weight excluding hydrogens is 290 g/mol. The fourth-order valence-corrected chi connectivity index (χ4v) is 2.26. The largest absolute Gasteiger partial charge is 0.492 e. The minimum absolute atomic E-state index is 0.0402. The molecule has 1 aromatic carbocycles. The zero-order valence-corrected chi connectivity index (χ0v) is 11.2. The Morgan fingerprint density at radius 2 is 2.06 bits per heavy atom. The molecule has 0 spiro atoms. The molecule has 0 amide bonds. The summed E-state index contributed by atoms with van der Waals surface area (Å²) >= 11 is 3.27. The van der Waals surface area contributed by atoms with Crippen molar-refractivity contribution in [2.75, 3.05) is 20.8 Å². The summed E-state index contributed by atoms with van der Waals surface area (Å²) in [4.78, 5) is 10.9. The fraction of sp³-hybridized carbons (Fsp3) is 0.364. The molecule has 0 aromatic heterocycles. The third kappa shape index (κ3) is 2.59. The quantitative estimate of drug-likeness (QED) is 0.801. The van der Waals surface area contributed by atoms with E-state index in [9.17, 15) is 9.90 Å². The summed E-state index contributed by atoms with van der Waals surface area (Å²) in [5, 5.41) is 9.83. The van der Waals surface area contributed by atoms with E-state index in [2.05, 4.69) is 15.9 Å². The molecular formula is C11H14BrNO4. The van der Waals surface area contributed by atoms with Crippen molar-refractivity contribution in [3.8, 4) is 11.5 Å². The number of benzene rings is 1. The van der Waals surface area contributed by atoms with E-state index in [0.717, 1.165) is 0 Å². The molecule has 1 unspecified atom stereocenters. The number of aliphatic hydroxyl groups is 1. The van der Waals surface area contributed by atoms with Gasteiger partial charge < -0.3 is 20.3 Å². The number of hydrogen-bond donors (Lipinski definition) is 2. The molecule has 5 nitrogen and oxygen atoms in total. The van der Waals surface area contributed by atoms with Crippen LogP contribution in [-0.4, -0.2) is 32.2 Å². The van der Waals surface area contributed by atoms with Crippen LogP contribution in [0.3, 0.4) is 0 Å². The van der Waals surface area contributed by atoms with Crippen molar-refractivity contribution in [2.45, 2.75) is 6.10 Å². The highest BCUT2D eigenvalue weighted by Gasteiger charge is 2.22. The molecule has 0 saturated heterocycles. The minimum atomic E-state index is -0.895. The lowest BCUT2D eigenvalue weighted by atomic mass is 10.0. The molecule has 3 N–H and O–H groups in total. The summed E-state index contributed by atoms with van der Waals surface area (Å²) in [5.74, 6) is 0.593. The number of aliphatic hydroxyl groups excluding tert-OH is 1. The van der Waals surface area contributed by atoms with Crippen molar-refractivity contribution in [1.82, 2.24) is 0 Å². The SMILES string of the molecule is COc1c(C=O)cc(Br)c(C(O)CN)c1OC. The second kappa shape index (κ2) is 6.00. The highest BCUT2D eigenvalue weighted by Crippen LogP contribution is 2.41. The Bertz CT molecular complexity index is 422. The maximum Gasteiger partial charge on any atom is 0.171 e. The maximum absolute atomic E-state index is 10.9. The van der Waals surface area contributed by atoms with Gasteiger partial charge in [0.25, 0.3) is 0 Å². The molecule has 6 heteroatoms. The summed E-state index contributed by atoms with van der Waals surface area (Å²) in [6.45, 7) is 0.0402. The monoisotopic (exact) mass is 303 g/mol. The van der Waals surface area contributed by atoms with Gasteiger partial charge in [-0.25, -0.2) is 0 Å². The highest BCUT2D eigenvalue weighted by atomic mass is 79.9. The first kappa shape index (κ1) is 14.0. The molecule has 0 heterocycles. The van der Waals surface area contributed by atoms with Gasteiger partial charge in [0.2, 0.25) is 0 Å². The summed E-state index contributed by atoms with van der Waals surface area (Å²) in [6.07, 6.45) is -0.237. The number of ether oxygens (including phenoxy) is 2. The molecule has 0 saturated carbocycles. The van der Waals surface area contributed by atoms with Crippen LogP contribution >= 0.6 is 15.9 Å². The summed E-state index contributed by atoms with van der Waals surface area (Å²) in [5.41, 5.74) is 6.23. The number of nitrogens with two attached hydrogens (primary N) is 1. The number of rotatable bonds is 5. The van der Waals surface area contributed by atoms with E-state index in [1.54, 1.807) is 6.07 Å². The van der Waals surface area contributed by atoms with Crippen LogP contribution in [0.1, 0.15) is 22.0 Å². The molecule has 0 aliphatic rings. The summed E-state index contributed by atoms with van der Waals surface area (Å²) < 4.78 is 10.9. The van der Waals surface area contributed by atoms with Gasteiger partial charge >= 0.3 is 0 Å². The Hall–Kier alpha value is -1.11. The van der Waals surface area contributed by atoms with Crippen LogP contribution in [0.4, 0.5) is 0 Å². The van der Waals surface area contributed by atoms with E-state index in [-0.39, 0.29) is 12.3 Å². The summed E-state index contributed by atoms with van der Waals surface area (Å²) in [7, 11) is 2.86. The second-order valence-electron chi connectivity index (χ2n) is 3.30. The lowest BCUT2D eigenvalue weighted by Crippen LogP contribution is -2.14. The van der Waals surface area contributed by atoms with Crippen LogP contribution in [0.25, 0.3) is 0 Å². The van der Waals surface area contributed by atoms with Crippen molar-refractivity contribution in [3.05, 3.63) is 21.7 Å². The van der Waals surface area contributed by atoms with Crippen molar-refractivity contribution in [3.63, 3.8) is 0 Å². The lowest BCUT2D eigenvalue weighted by molar-refractivity contribution is 0.111. The third-order valence-electron chi connectivity index (χ3n) is 2.34. The number of carbonyl (C=O) groups excluding carboxylic acids is 1. The van der Waals surface area contributed by atoms with Gasteiger partial charge in [0.1, 0.15) is 0 Å². The summed E-state index contributed by atoms with van der Waals surface area (Å²) in [6, 6.07) is 1.56. The number of halogens is 1. The van der Waals surface area contributed by atoms with Crippen LogP contribution in [-0.2, 0) is 0 Å². The number of hydrogen-bond acceptors (Lipinski definition) is 5.